The minimum atomic E-state index is -1.10. The zero-order chi connectivity index (χ0) is 33.7. The fourth-order valence-electron chi connectivity index (χ4n) is 5.00. The Hall–Kier alpha value is -4.46. The molecule has 1 aromatic heterocycles. The van der Waals surface area contributed by atoms with Crippen molar-refractivity contribution in [3.63, 3.8) is 0 Å². The van der Waals surface area contributed by atoms with E-state index in [0.717, 1.165) is 11.3 Å². The first-order valence-corrected chi connectivity index (χ1v) is 15.3. The summed E-state index contributed by atoms with van der Waals surface area (Å²) in [7, 11) is 3.97. The standard InChI is InChI=1S/C32H35F2NO10S/c1-16(31(38)39)9-21(36)25-12-19-24(46-25)13-23(42-4)30(27(19)33)45-8-6-7-44-29-22(41-3)11-18-14-35(15-20(18)28(29)34)26(37)10-17(2)32(40)43-5/h11-13,16-17H,6-10,14-15H2,1-5H3,(H,38,39)/t16-,17-/m0/s1. The highest BCUT2D eigenvalue weighted by molar-refractivity contribution is 7.20. The van der Waals surface area contributed by atoms with Gasteiger partial charge in [-0.25, -0.2) is 8.78 Å². The molecule has 4 rings (SSSR count). The second kappa shape index (κ2) is 14.8. The Kier molecular flexibility index (Phi) is 11.0. The number of hydrogen-bond acceptors (Lipinski definition) is 10. The van der Waals surface area contributed by atoms with Gasteiger partial charge >= 0.3 is 11.9 Å². The number of halogens is 2. The van der Waals surface area contributed by atoms with Gasteiger partial charge in [0.05, 0.1) is 51.3 Å². The molecule has 0 saturated carbocycles. The zero-order valence-electron chi connectivity index (χ0n) is 26.1. The first kappa shape index (κ1) is 34.4. The van der Waals surface area contributed by atoms with Crippen LogP contribution in [0.2, 0.25) is 0 Å². The second-order valence-electron chi connectivity index (χ2n) is 10.9. The summed E-state index contributed by atoms with van der Waals surface area (Å²) in [4.78, 5) is 49.8. The molecule has 0 saturated heterocycles. The highest BCUT2D eigenvalue weighted by Gasteiger charge is 2.32. The third kappa shape index (κ3) is 7.33. The Morgan fingerprint density at radius 3 is 2.13 bits per heavy atom. The lowest BCUT2D eigenvalue weighted by molar-refractivity contribution is -0.148. The molecule has 0 radical (unpaired) electrons. The number of ether oxygens (including phenoxy) is 5. The van der Waals surface area contributed by atoms with Crippen molar-refractivity contribution in [2.75, 3.05) is 34.5 Å². The van der Waals surface area contributed by atoms with Crippen LogP contribution in [-0.4, -0.2) is 68.2 Å². The number of amides is 1. The van der Waals surface area contributed by atoms with E-state index in [2.05, 4.69) is 4.74 Å². The van der Waals surface area contributed by atoms with Gasteiger partial charge in [0.2, 0.25) is 5.91 Å². The smallest absolute Gasteiger partial charge is 0.308 e. The van der Waals surface area contributed by atoms with Crippen LogP contribution in [0.15, 0.2) is 18.2 Å². The average molecular weight is 664 g/mol. The lowest BCUT2D eigenvalue weighted by Crippen LogP contribution is -2.29. The van der Waals surface area contributed by atoms with E-state index < -0.39 is 41.2 Å². The molecule has 0 spiro atoms. The highest BCUT2D eigenvalue weighted by atomic mass is 32.1. The van der Waals surface area contributed by atoms with Gasteiger partial charge in [-0.2, -0.15) is 0 Å². The number of esters is 1. The van der Waals surface area contributed by atoms with Crippen LogP contribution >= 0.6 is 11.3 Å². The molecule has 0 aliphatic carbocycles. The minimum absolute atomic E-state index is 0.00733. The number of Topliss-reactive ketones (excluding diaryl/α,β-unsaturated/α-hetero) is 1. The predicted octanol–water partition coefficient (Wildman–Crippen LogP) is 5.38. The van der Waals surface area contributed by atoms with Crippen molar-refractivity contribution in [3.05, 3.63) is 45.8 Å². The molecule has 2 atom stereocenters. The van der Waals surface area contributed by atoms with Crippen LogP contribution in [0, 0.1) is 23.5 Å². The fraction of sp³-hybridized carbons (Fsp3) is 0.438. The predicted molar refractivity (Wildman–Crippen MR) is 163 cm³/mol. The molecule has 14 heteroatoms. The first-order valence-electron chi connectivity index (χ1n) is 14.4. The van der Waals surface area contributed by atoms with E-state index in [1.807, 2.05) is 0 Å². The summed E-state index contributed by atoms with van der Waals surface area (Å²) < 4.78 is 58.3. The molecule has 46 heavy (non-hydrogen) atoms. The number of carboxylic acids is 1. The Morgan fingerprint density at radius 2 is 1.52 bits per heavy atom. The number of benzene rings is 2. The van der Waals surface area contributed by atoms with Gasteiger partial charge < -0.3 is 33.7 Å². The van der Waals surface area contributed by atoms with Crippen molar-refractivity contribution >= 4 is 45.1 Å². The van der Waals surface area contributed by atoms with E-state index >= 15 is 8.78 Å². The number of thiophene rings is 1. The third-order valence-corrected chi connectivity index (χ3v) is 8.74. The molecule has 1 amide bonds. The van der Waals surface area contributed by atoms with Crippen molar-refractivity contribution in [2.45, 2.75) is 46.2 Å². The Bertz CT molecular complexity index is 1660. The van der Waals surface area contributed by atoms with Crippen LogP contribution in [0.1, 0.15) is 53.9 Å². The summed E-state index contributed by atoms with van der Waals surface area (Å²) >= 11 is 1.03. The monoisotopic (exact) mass is 663 g/mol. The van der Waals surface area contributed by atoms with Crippen molar-refractivity contribution in [3.8, 4) is 23.0 Å². The van der Waals surface area contributed by atoms with Gasteiger partial charge in [0.1, 0.15) is 0 Å². The third-order valence-electron chi connectivity index (χ3n) is 7.62. The molecule has 11 nitrogen and oxygen atoms in total. The number of aliphatic carboxylic acids is 1. The van der Waals surface area contributed by atoms with E-state index in [1.165, 1.54) is 39.2 Å². The molecule has 3 aromatic rings. The largest absolute Gasteiger partial charge is 0.493 e. The topological polar surface area (TPSA) is 138 Å². The molecule has 0 unspecified atom stereocenters. The normalized spacial score (nSPS) is 13.6. The number of methoxy groups -OCH3 is 3. The highest BCUT2D eigenvalue weighted by Crippen LogP contribution is 2.41. The summed E-state index contributed by atoms with van der Waals surface area (Å²) in [5.41, 5.74) is 0.856. The molecule has 248 valence electrons. The number of hydrogen-bond donors (Lipinski definition) is 1. The minimum Gasteiger partial charge on any atom is -0.493 e. The Labute approximate surface area is 267 Å². The summed E-state index contributed by atoms with van der Waals surface area (Å²) in [6.07, 6.45) is -0.0673. The molecule has 2 heterocycles. The zero-order valence-corrected chi connectivity index (χ0v) is 26.9. The van der Waals surface area contributed by atoms with Gasteiger partial charge in [0, 0.05) is 54.1 Å². The molecule has 1 aliphatic heterocycles. The van der Waals surface area contributed by atoms with Crippen molar-refractivity contribution < 1.29 is 56.7 Å². The summed E-state index contributed by atoms with van der Waals surface area (Å²) in [6.45, 7) is 3.13. The molecule has 2 aromatic carbocycles. The Balaban J connectivity index is 1.40. The molecule has 0 fully saturated rings. The quantitative estimate of drug-likeness (QED) is 0.128. The van der Waals surface area contributed by atoms with Crippen molar-refractivity contribution in [1.29, 1.82) is 0 Å². The lowest BCUT2D eigenvalue weighted by Gasteiger charge is -2.17. The summed E-state index contributed by atoms with van der Waals surface area (Å²) in [5.74, 6) is -5.27. The molecule has 0 bridgehead atoms. The van der Waals surface area contributed by atoms with Crippen LogP contribution < -0.4 is 18.9 Å². The van der Waals surface area contributed by atoms with Gasteiger partial charge in [-0.05, 0) is 17.7 Å². The fourth-order valence-corrected chi connectivity index (χ4v) is 6.03. The lowest BCUT2D eigenvalue weighted by atomic mass is 10.0. The van der Waals surface area contributed by atoms with Crippen molar-refractivity contribution in [2.24, 2.45) is 11.8 Å². The van der Waals surface area contributed by atoms with Crippen LogP contribution in [-0.2, 0) is 32.2 Å². The second-order valence-corrected chi connectivity index (χ2v) is 12.0. The number of rotatable bonds is 15. The maximum Gasteiger partial charge on any atom is 0.308 e. The molecule has 1 aliphatic rings. The van der Waals surface area contributed by atoms with Crippen molar-refractivity contribution in [1.82, 2.24) is 4.90 Å². The molecular weight excluding hydrogens is 628 g/mol. The van der Waals surface area contributed by atoms with Gasteiger partial charge in [-0.15, -0.1) is 11.3 Å². The van der Waals surface area contributed by atoms with E-state index in [1.54, 1.807) is 19.1 Å². The summed E-state index contributed by atoms with van der Waals surface area (Å²) in [6, 6.07) is 4.53. The van der Waals surface area contributed by atoms with Gasteiger partial charge in [0.25, 0.3) is 0 Å². The van der Waals surface area contributed by atoms with Gasteiger partial charge in [-0.3, -0.25) is 19.2 Å². The molecular formula is C32H35F2NO10S. The van der Waals surface area contributed by atoms with Gasteiger partial charge in [-0.1, -0.05) is 13.8 Å². The maximum atomic E-state index is 15.6. The van der Waals surface area contributed by atoms with Crippen LogP contribution in [0.25, 0.3) is 10.1 Å². The van der Waals surface area contributed by atoms with Gasteiger partial charge in [0.15, 0.2) is 40.4 Å². The average Bonchev–Trinajstić information content (AvgIpc) is 3.67. The first-order chi connectivity index (χ1) is 21.9. The number of ketones is 1. The number of carboxylic acid groups (broad SMARTS) is 1. The number of carbonyl (C=O) groups excluding carboxylic acids is 3. The maximum absolute atomic E-state index is 15.6. The van der Waals surface area contributed by atoms with E-state index in [0.29, 0.717) is 10.3 Å². The van der Waals surface area contributed by atoms with E-state index in [9.17, 15) is 19.2 Å². The SMILES string of the molecule is COC(=O)[C@@H](C)CC(=O)N1Cc2cc(OC)c(OCCCOc3c(OC)cc4sc(C(=O)C[C@H](C)C(=O)O)cc4c3F)c(F)c2C1. The van der Waals surface area contributed by atoms with Crippen LogP contribution in [0.4, 0.5) is 8.78 Å². The Morgan fingerprint density at radius 1 is 0.891 bits per heavy atom. The number of fused-ring (bicyclic) bond motifs is 2. The summed E-state index contributed by atoms with van der Waals surface area (Å²) in [5, 5.41) is 9.24. The number of carbonyl (C=O) groups is 4. The number of nitrogens with zero attached hydrogens (tertiary/aromatic N) is 1. The van der Waals surface area contributed by atoms with E-state index in [-0.39, 0.29) is 90.3 Å². The van der Waals surface area contributed by atoms with Crippen LogP contribution in [0.5, 0.6) is 23.0 Å². The van der Waals surface area contributed by atoms with Crippen LogP contribution in [0.3, 0.4) is 0 Å². The molecule has 1 N–H and O–H groups in total. The van der Waals surface area contributed by atoms with E-state index in [4.69, 9.17) is 24.1 Å².